The summed E-state index contributed by atoms with van der Waals surface area (Å²) in [5.41, 5.74) is 0. The Morgan fingerprint density at radius 3 is 1.28 bits per heavy atom. The molecule has 516 valence electrons. The smallest absolute Gasteiger partial charge is 0.329 e. The molecule has 0 aliphatic carbocycles. The van der Waals surface area contributed by atoms with Gasteiger partial charge in [0.2, 0.25) is 53.2 Å². The molecule has 26 heteroatoms. The lowest BCUT2D eigenvalue weighted by molar-refractivity contribution is -0.166. The molecule has 26 nitrogen and oxygen atoms in total. The van der Waals surface area contributed by atoms with Crippen LogP contribution in [0.4, 0.5) is 0 Å². The molecule has 1 fully saturated rings. The van der Waals surface area contributed by atoms with E-state index in [1.165, 1.54) is 92.0 Å². The van der Waals surface area contributed by atoms with Crippen molar-refractivity contribution in [2.24, 2.45) is 47.3 Å². The molecule has 1 saturated heterocycles. The summed E-state index contributed by atoms with van der Waals surface area (Å²) in [6.45, 7) is 28.7. The van der Waals surface area contributed by atoms with E-state index in [0.29, 0.717) is 0 Å². The van der Waals surface area contributed by atoms with Gasteiger partial charge >= 0.3 is 11.9 Å². The second kappa shape index (κ2) is 37.2. The van der Waals surface area contributed by atoms with Gasteiger partial charge in [-0.25, -0.2) is 4.79 Å². The molecule has 0 saturated carbocycles. The van der Waals surface area contributed by atoms with Gasteiger partial charge in [0.1, 0.15) is 54.4 Å². The molecule has 0 aromatic rings. The van der Waals surface area contributed by atoms with Crippen molar-refractivity contribution in [2.45, 2.75) is 229 Å². The Labute approximate surface area is 536 Å². The van der Waals surface area contributed by atoms with E-state index in [1.807, 2.05) is 69.2 Å². The topological polar surface area (TPSA) is 320 Å². The van der Waals surface area contributed by atoms with Crippen LogP contribution in [0.3, 0.4) is 0 Å². The first-order valence-electron chi connectivity index (χ1n) is 31.8. The predicted molar refractivity (Wildman–Crippen MR) is 339 cm³/mol. The van der Waals surface area contributed by atoms with Crippen molar-refractivity contribution < 1.29 is 76.9 Å². The summed E-state index contributed by atoms with van der Waals surface area (Å²) in [6, 6.07) is -12.1. The van der Waals surface area contributed by atoms with Crippen LogP contribution in [0.5, 0.6) is 0 Å². The van der Waals surface area contributed by atoms with Gasteiger partial charge in [0.25, 0.3) is 5.91 Å². The third kappa shape index (κ3) is 23.7. The number of rotatable bonds is 19. The van der Waals surface area contributed by atoms with Gasteiger partial charge in [-0.3, -0.25) is 52.7 Å². The highest BCUT2D eigenvalue weighted by atomic mass is 16.6. The van der Waals surface area contributed by atoms with E-state index in [4.69, 9.17) is 14.2 Å². The molecule has 1 aliphatic rings. The van der Waals surface area contributed by atoms with E-state index in [2.05, 4.69) is 21.3 Å². The van der Waals surface area contributed by atoms with Crippen molar-refractivity contribution in [3.05, 3.63) is 0 Å². The van der Waals surface area contributed by atoms with Crippen molar-refractivity contribution in [1.29, 1.82) is 0 Å². The van der Waals surface area contributed by atoms with Crippen LogP contribution in [0.25, 0.3) is 0 Å². The third-order valence-corrected chi connectivity index (χ3v) is 16.4. The van der Waals surface area contributed by atoms with Gasteiger partial charge in [0.05, 0.1) is 25.2 Å². The number of ether oxygens (including phenoxy) is 3. The third-order valence-electron chi connectivity index (χ3n) is 16.4. The maximum absolute atomic E-state index is 15.3. The number of carboxylic acids is 1. The minimum atomic E-state index is -1.69. The number of carboxylic acid groups (broad SMARTS) is 1. The molecule has 1 heterocycles. The van der Waals surface area contributed by atoms with Crippen LogP contribution >= 0.6 is 0 Å². The standard InChI is InChI=1S/C64H114N10O16/c1-33(2)26-43-59(82)71(20)46(29-36(7)8)55(78)65-41(16)64(87)90-53(39(13)14)63(86)72(21)47(30-37(9)10)57(80)67-44(27-34(3)4)60(83)73(22)51(38(11)12)62(85)74(23)52(54(89-25)40(15)31-49(76)77)58(81)68-50(42(17)88-24)61(84)69(18)32-48(75)70(19)45(28-35(5)6)56(79)66-43/h33-47,50-54H,26-32H2,1-25H3,(H,65,78)(H,66,79)(H,67,80)(H,68,81)(H,76,77)/t40-,41-,42-,43-,44-,45+,46-,47-,50-,51-,52-,53+,54-/m1/s1. The van der Waals surface area contributed by atoms with E-state index in [0.717, 1.165) is 14.7 Å². The number of hydrogen-bond acceptors (Lipinski definition) is 15. The first-order valence-corrected chi connectivity index (χ1v) is 31.8. The zero-order valence-electron chi connectivity index (χ0n) is 58.8. The van der Waals surface area contributed by atoms with E-state index in [-0.39, 0.29) is 61.7 Å². The largest absolute Gasteiger partial charge is 0.481 e. The van der Waals surface area contributed by atoms with Crippen LogP contribution in [0, 0.1) is 47.3 Å². The molecular formula is C64H114N10O16. The first kappa shape index (κ1) is 81.6. The van der Waals surface area contributed by atoms with Crippen molar-refractivity contribution in [3.63, 3.8) is 0 Å². The lowest BCUT2D eigenvalue weighted by Gasteiger charge is -2.41. The Bertz CT molecular complexity index is 2450. The molecule has 13 atom stereocenters. The maximum Gasteiger partial charge on any atom is 0.329 e. The average molecular weight is 1280 g/mol. The van der Waals surface area contributed by atoms with Gasteiger partial charge in [-0.15, -0.1) is 0 Å². The predicted octanol–water partition coefficient (Wildman–Crippen LogP) is 3.17. The molecule has 1 rings (SSSR count). The van der Waals surface area contributed by atoms with Crippen LogP contribution in [-0.4, -0.2) is 241 Å². The number of nitrogens with one attached hydrogen (secondary N) is 4. The van der Waals surface area contributed by atoms with Crippen LogP contribution in [0.2, 0.25) is 0 Å². The second-order valence-corrected chi connectivity index (χ2v) is 27.5. The lowest BCUT2D eigenvalue weighted by Crippen LogP contribution is -2.64. The van der Waals surface area contributed by atoms with Crippen molar-refractivity contribution in [3.8, 4) is 0 Å². The monoisotopic (exact) mass is 1280 g/mol. The van der Waals surface area contributed by atoms with Crippen LogP contribution in [0.1, 0.15) is 156 Å². The van der Waals surface area contributed by atoms with E-state index >= 15 is 14.4 Å². The van der Waals surface area contributed by atoms with Crippen molar-refractivity contribution in [1.82, 2.24) is 50.7 Å². The summed E-state index contributed by atoms with van der Waals surface area (Å²) in [5, 5.41) is 21.1. The molecule has 1 aliphatic heterocycles. The van der Waals surface area contributed by atoms with Crippen molar-refractivity contribution in [2.75, 3.05) is 63.1 Å². The van der Waals surface area contributed by atoms with Gasteiger partial charge in [-0.05, 0) is 93.3 Å². The number of likely N-dealkylation sites (N-methyl/N-ethyl adjacent to an activating group) is 6. The number of carbonyl (C=O) groups is 12. The number of carbonyl (C=O) groups excluding carboxylic acids is 11. The number of aliphatic carboxylic acids is 1. The van der Waals surface area contributed by atoms with E-state index < -0.39 is 174 Å². The molecule has 0 aromatic heterocycles. The quantitative estimate of drug-likeness (QED) is 0.116. The summed E-state index contributed by atoms with van der Waals surface area (Å²) >= 11 is 0. The molecule has 0 unspecified atom stereocenters. The Balaban J connectivity index is 4.49. The Hall–Kier alpha value is -6.44. The van der Waals surface area contributed by atoms with Gasteiger partial charge < -0.3 is 70.0 Å². The molecule has 0 aromatic carbocycles. The normalized spacial score (nSPS) is 26.2. The number of nitrogens with zero attached hydrogens (tertiary/aromatic N) is 6. The lowest BCUT2D eigenvalue weighted by atomic mass is 9.91. The Morgan fingerprint density at radius 1 is 0.489 bits per heavy atom. The van der Waals surface area contributed by atoms with Crippen LogP contribution in [-0.2, 0) is 71.7 Å². The summed E-state index contributed by atoms with van der Waals surface area (Å²) in [7, 11) is 10.7. The SMILES string of the molecule is CO[C@H]([C@H](C)CC(=O)O)[C@@H]1C(=O)N[C@H]([C@@H](C)OC)C(=O)N(C)CC(=O)N(C)[C@@H](CC(C)C)C(=O)N[C@H](CC(C)C)C(=O)N(C)[C@H](CC(C)C)C(=O)N[C@H](C)C(=O)O[C@@H](C(C)C)C(=O)N(C)[C@H](CC(C)C)C(=O)N[C@H](CC(C)C)C(=O)N(C)[C@H](C(C)C)C(=O)N1C. The van der Waals surface area contributed by atoms with Crippen molar-refractivity contribution >= 4 is 71.0 Å². The highest BCUT2D eigenvalue weighted by Gasteiger charge is 2.46. The minimum absolute atomic E-state index is 0.0621. The summed E-state index contributed by atoms with van der Waals surface area (Å²) in [5.74, 6) is -13.1. The fraction of sp³-hybridized carbons (Fsp3) is 0.812. The van der Waals surface area contributed by atoms with Gasteiger partial charge in [-0.1, -0.05) is 104 Å². The average Bonchev–Trinajstić information content (AvgIpc) is 1.92. The number of methoxy groups -OCH3 is 2. The molecular weight excluding hydrogens is 1160 g/mol. The highest BCUT2D eigenvalue weighted by Crippen LogP contribution is 2.26. The fourth-order valence-corrected chi connectivity index (χ4v) is 11.2. The number of amides is 10. The molecule has 0 spiro atoms. The Morgan fingerprint density at radius 2 is 0.889 bits per heavy atom. The summed E-state index contributed by atoms with van der Waals surface area (Å²) in [4.78, 5) is 181. The number of cyclic esters (lactones) is 1. The summed E-state index contributed by atoms with van der Waals surface area (Å²) in [6.07, 6.45) is -3.97. The van der Waals surface area contributed by atoms with Crippen LogP contribution < -0.4 is 21.3 Å². The molecule has 10 amide bonds. The first-order chi connectivity index (χ1) is 41.5. The number of hydrogen-bond donors (Lipinski definition) is 5. The van der Waals surface area contributed by atoms with Gasteiger partial charge in [-0.2, -0.15) is 0 Å². The van der Waals surface area contributed by atoms with Gasteiger partial charge in [0, 0.05) is 56.5 Å². The van der Waals surface area contributed by atoms with Gasteiger partial charge in [0.15, 0.2) is 6.10 Å². The zero-order chi connectivity index (χ0) is 69.8. The van der Waals surface area contributed by atoms with Crippen LogP contribution in [0.15, 0.2) is 0 Å². The molecule has 0 radical (unpaired) electrons. The highest BCUT2D eigenvalue weighted by molar-refractivity contribution is 5.99. The fourth-order valence-electron chi connectivity index (χ4n) is 11.2. The minimum Gasteiger partial charge on any atom is -0.481 e. The number of esters is 1. The second-order valence-electron chi connectivity index (χ2n) is 27.5. The zero-order valence-corrected chi connectivity index (χ0v) is 58.8. The summed E-state index contributed by atoms with van der Waals surface area (Å²) < 4.78 is 17.4. The Kier molecular flexibility index (Phi) is 33.7. The van der Waals surface area contributed by atoms with E-state index in [1.54, 1.807) is 27.7 Å². The van der Waals surface area contributed by atoms with E-state index in [9.17, 15) is 48.3 Å². The molecule has 5 N–H and O–H groups in total. The molecule has 90 heavy (non-hydrogen) atoms. The maximum atomic E-state index is 15.3. The molecule has 0 bridgehead atoms.